The Morgan fingerprint density at radius 1 is 0.727 bits per heavy atom. The summed E-state index contributed by atoms with van der Waals surface area (Å²) in [5, 5.41) is 1.81. The fourth-order valence-electron chi connectivity index (χ4n) is 6.36. The van der Waals surface area contributed by atoms with E-state index >= 15 is 0 Å². The SMILES string of the molecule is C=CC(=O)OCCOCCOc1ccc(OCCOC(=O)C2CC3c4ccccc4C2c2ccc(Br)cc23)c2ccccc12. The van der Waals surface area contributed by atoms with E-state index < -0.39 is 5.97 Å². The summed E-state index contributed by atoms with van der Waals surface area (Å²) in [6.07, 6.45) is 1.86. The molecule has 0 heterocycles. The lowest BCUT2D eigenvalue weighted by Gasteiger charge is -2.44. The molecule has 0 amide bonds. The molecule has 3 aliphatic rings. The second kappa shape index (κ2) is 13.7. The lowest BCUT2D eigenvalue weighted by Crippen LogP contribution is -2.37. The molecule has 44 heavy (non-hydrogen) atoms. The van der Waals surface area contributed by atoms with Crippen molar-refractivity contribution in [3.63, 3.8) is 0 Å². The van der Waals surface area contributed by atoms with Gasteiger partial charge in [0, 0.05) is 33.2 Å². The maximum Gasteiger partial charge on any atom is 0.330 e. The topological polar surface area (TPSA) is 80.3 Å². The Hall–Kier alpha value is -4.14. The van der Waals surface area contributed by atoms with E-state index in [4.69, 9.17) is 23.7 Å². The van der Waals surface area contributed by atoms with Gasteiger partial charge in [0.15, 0.2) is 0 Å². The number of hydrogen-bond acceptors (Lipinski definition) is 7. The molecule has 0 fully saturated rings. The van der Waals surface area contributed by atoms with Crippen molar-refractivity contribution in [3.8, 4) is 11.5 Å². The first kappa shape index (κ1) is 29.9. The van der Waals surface area contributed by atoms with Crippen molar-refractivity contribution in [2.75, 3.05) is 39.6 Å². The van der Waals surface area contributed by atoms with Gasteiger partial charge in [-0.2, -0.15) is 0 Å². The van der Waals surface area contributed by atoms with E-state index in [-0.39, 0.29) is 50.2 Å². The van der Waals surface area contributed by atoms with Crippen molar-refractivity contribution >= 4 is 38.6 Å². The minimum Gasteiger partial charge on any atom is -0.491 e. The largest absolute Gasteiger partial charge is 0.491 e. The molecule has 7 nitrogen and oxygen atoms in total. The fraction of sp³-hybridized carbons (Fsp3) is 0.278. The summed E-state index contributed by atoms with van der Waals surface area (Å²) in [5.74, 6) is 0.685. The van der Waals surface area contributed by atoms with Crippen LogP contribution in [0.5, 0.6) is 11.5 Å². The van der Waals surface area contributed by atoms with E-state index in [0.717, 1.165) is 27.7 Å². The highest BCUT2D eigenvalue weighted by Crippen LogP contribution is 2.56. The number of fused-ring (bicyclic) bond motifs is 2. The van der Waals surface area contributed by atoms with Gasteiger partial charge < -0.3 is 23.7 Å². The number of benzene rings is 4. The van der Waals surface area contributed by atoms with Crippen LogP contribution in [0.3, 0.4) is 0 Å². The summed E-state index contributed by atoms with van der Waals surface area (Å²) < 4.78 is 29.3. The summed E-state index contributed by atoms with van der Waals surface area (Å²) >= 11 is 3.62. The first-order chi connectivity index (χ1) is 21.5. The van der Waals surface area contributed by atoms with Gasteiger partial charge in [0.2, 0.25) is 0 Å². The second-order valence-electron chi connectivity index (χ2n) is 10.7. The fourth-order valence-corrected chi connectivity index (χ4v) is 6.73. The number of ether oxygens (including phenoxy) is 5. The minimum atomic E-state index is -0.473. The molecule has 3 aliphatic carbocycles. The van der Waals surface area contributed by atoms with E-state index in [1.807, 2.05) is 36.4 Å². The Balaban J connectivity index is 1.03. The van der Waals surface area contributed by atoms with Crippen LogP contribution < -0.4 is 9.47 Å². The molecule has 226 valence electrons. The molecular formula is C36H33BrO7. The summed E-state index contributed by atoms with van der Waals surface area (Å²) in [6, 6.07) is 26.4. The molecule has 3 unspecified atom stereocenters. The van der Waals surface area contributed by atoms with Crippen molar-refractivity contribution in [3.05, 3.63) is 118 Å². The predicted molar refractivity (Wildman–Crippen MR) is 170 cm³/mol. The molecule has 8 heteroatoms. The third kappa shape index (κ3) is 6.23. The van der Waals surface area contributed by atoms with E-state index in [9.17, 15) is 9.59 Å². The molecule has 0 saturated carbocycles. The third-order valence-electron chi connectivity index (χ3n) is 8.21. The van der Waals surface area contributed by atoms with E-state index in [1.54, 1.807) is 0 Å². The maximum atomic E-state index is 13.4. The van der Waals surface area contributed by atoms with E-state index in [1.165, 1.54) is 22.3 Å². The normalized spacial score (nSPS) is 17.8. The van der Waals surface area contributed by atoms with E-state index in [0.29, 0.717) is 24.7 Å². The van der Waals surface area contributed by atoms with Crippen LogP contribution in [0.1, 0.15) is 40.5 Å². The van der Waals surface area contributed by atoms with Crippen LogP contribution in [0, 0.1) is 5.92 Å². The molecule has 0 aromatic heterocycles. The van der Waals surface area contributed by atoms with Gasteiger partial charge in [-0.25, -0.2) is 4.79 Å². The van der Waals surface area contributed by atoms with Crippen molar-refractivity contribution < 1.29 is 33.3 Å². The smallest absolute Gasteiger partial charge is 0.330 e. The zero-order chi connectivity index (χ0) is 30.5. The van der Waals surface area contributed by atoms with Gasteiger partial charge in [0.05, 0.1) is 19.1 Å². The van der Waals surface area contributed by atoms with Gasteiger partial charge in [-0.15, -0.1) is 0 Å². The number of esters is 2. The molecule has 2 bridgehead atoms. The van der Waals surface area contributed by atoms with Crippen molar-refractivity contribution in [1.29, 1.82) is 0 Å². The first-order valence-corrected chi connectivity index (χ1v) is 15.5. The van der Waals surface area contributed by atoms with Gasteiger partial charge in [-0.1, -0.05) is 77.1 Å². The molecule has 0 spiro atoms. The Bertz CT molecular complexity index is 1680. The highest BCUT2D eigenvalue weighted by molar-refractivity contribution is 9.10. The molecule has 0 radical (unpaired) electrons. The Kier molecular flexibility index (Phi) is 9.28. The number of halogens is 1. The average Bonchev–Trinajstić information content (AvgIpc) is 3.06. The molecule has 0 N–H and O–H groups in total. The van der Waals surface area contributed by atoms with Crippen molar-refractivity contribution in [2.45, 2.75) is 18.3 Å². The summed E-state index contributed by atoms with van der Waals surface area (Å²) in [6.45, 7) is 4.88. The summed E-state index contributed by atoms with van der Waals surface area (Å²) in [7, 11) is 0. The predicted octanol–water partition coefficient (Wildman–Crippen LogP) is 6.95. The van der Waals surface area contributed by atoms with Crippen LogP contribution in [0.4, 0.5) is 0 Å². The van der Waals surface area contributed by atoms with Gasteiger partial charge >= 0.3 is 11.9 Å². The highest BCUT2D eigenvalue weighted by Gasteiger charge is 2.46. The number of hydrogen-bond donors (Lipinski definition) is 0. The number of carbonyl (C=O) groups excluding carboxylic acids is 2. The quantitative estimate of drug-likeness (QED) is 0.0875. The van der Waals surface area contributed by atoms with Crippen LogP contribution in [0.2, 0.25) is 0 Å². The monoisotopic (exact) mass is 656 g/mol. The van der Waals surface area contributed by atoms with Crippen LogP contribution in [0.25, 0.3) is 10.8 Å². The molecule has 4 aromatic carbocycles. The molecule has 7 rings (SSSR count). The van der Waals surface area contributed by atoms with Gasteiger partial charge in [0.1, 0.15) is 37.9 Å². The first-order valence-electron chi connectivity index (χ1n) is 14.7. The Morgan fingerprint density at radius 2 is 1.34 bits per heavy atom. The van der Waals surface area contributed by atoms with Crippen molar-refractivity contribution in [1.82, 2.24) is 0 Å². The molecule has 4 aromatic rings. The number of rotatable bonds is 13. The summed E-state index contributed by atoms with van der Waals surface area (Å²) in [4.78, 5) is 24.5. The summed E-state index contributed by atoms with van der Waals surface area (Å²) in [5.41, 5.74) is 5.06. The molecule has 3 atom stereocenters. The van der Waals surface area contributed by atoms with E-state index in [2.05, 4.69) is 65.0 Å². The Labute approximate surface area is 264 Å². The lowest BCUT2D eigenvalue weighted by atomic mass is 9.59. The lowest BCUT2D eigenvalue weighted by molar-refractivity contribution is -0.150. The maximum absolute atomic E-state index is 13.4. The van der Waals surface area contributed by atoms with Gasteiger partial charge in [-0.05, 0) is 52.9 Å². The number of carbonyl (C=O) groups is 2. The Morgan fingerprint density at radius 3 is 2.07 bits per heavy atom. The highest BCUT2D eigenvalue weighted by atomic mass is 79.9. The van der Waals surface area contributed by atoms with Crippen LogP contribution in [-0.2, 0) is 23.8 Å². The van der Waals surface area contributed by atoms with Crippen LogP contribution in [-0.4, -0.2) is 51.6 Å². The zero-order valence-electron chi connectivity index (χ0n) is 24.2. The van der Waals surface area contributed by atoms with Gasteiger partial charge in [-0.3, -0.25) is 4.79 Å². The zero-order valence-corrected chi connectivity index (χ0v) is 25.8. The van der Waals surface area contributed by atoms with Crippen LogP contribution in [0.15, 0.2) is 96.0 Å². The third-order valence-corrected chi connectivity index (χ3v) is 8.71. The average molecular weight is 658 g/mol. The second-order valence-corrected chi connectivity index (χ2v) is 11.6. The van der Waals surface area contributed by atoms with Crippen LogP contribution >= 0.6 is 15.9 Å². The molecule has 0 aliphatic heterocycles. The van der Waals surface area contributed by atoms with Crippen molar-refractivity contribution in [2.24, 2.45) is 5.92 Å². The standard InChI is InChI=1S/C36H33BrO7/c1-2-34(38)43-18-16-40-15-17-41-32-13-14-33(26-9-5-4-8-25(26)32)42-19-20-44-36(39)31-22-30-24-7-3-6-10-27(24)35(31)28-12-11-23(37)21-29(28)30/h2-14,21,30-31,35H,1,15-20,22H2. The molecule has 0 saturated heterocycles. The minimum absolute atomic E-state index is 0.00981. The molecular weight excluding hydrogens is 624 g/mol. The van der Waals surface area contributed by atoms with Gasteiger partial charge in [0.25, 0.3) is 0 Å².